The zero-order valence-electron chi connectivity index (χ0n) is 10.3. The Balaban J connectivity index is 2.70. The molecule has 1 aromatic rings. The van der Waals surface area contributed by atoms with Crippen LogP contribution >= 0.6 is 11.3 Å². The van der Waals surface area contributed by atoms with E-state index in [0.717, 1.165) is 17.1 Å². The summed E-state index contributed by atoms with van der Waals surface area (Å²) in [7, 11) is 1.76. The van der Waals surface area contributed by atoms with Crippen molar-refractivity contribution in [1.29, 1.82) is 0 Å². The van der Waals surface area contributed by atoms with Gasteiger partial charge >= 0.3 is 0 Å². The highest BCUT2D eigenvalue weighted by Gasteiger charge is 2.16. The van der Waals surface area contributed by atoms with Crippen molar-refractivity contribution in [2.24, 2.45) is 0 Å². The number of likely N-dealkylation sites (N-methyl/N-ethyl adjacent to an activating group) is 1. The molecule has 16 heavy (non-hydrogen) atoms. The molecule has 1 atom stereocenters. The number of hydrogen-bond acceptors (Lipinski definition) is 4. The first kappa shape index (κ1) is 13.1. The maximum Gasteiger partial charge on any atom is 0.234 e. The van der Waals surface area contributed by atoms with Crippen LogP contribution in [0, 0.1) is 13.8 Å². The van der Waals surface area contributed by atoms with Gasteiger partial charge in [-0.15, -0.1) is 11.3 Å². The Bertz CT molecular complexity index is 343. The molecule has 90 valence electrons. The number of thiazole rings is 1. The summed E-state index contributed by atoms with van der Waals surface area (Å²) in [6, 6.07) is 0.0400. The maximum absolute atomic E-state index is 11.5. The Morgan fingerprint density at radius 1 is 1.50 bits per heavy atom. The number of carbonyl (C=O) groups is 1. The number of amides is 1. The minimum absolute atomic E-state index is 0.0138. The molecule has 1 amide bonds. The van der Waals surface area contributed by atoms with Crippen LogP contribution < -0.4 is 10.6 Å². The first-order valence-electron chi connectivity index (χ1n) is 5.46. The van der Waals surface area contributed by atoms with Crippen molar-refractivity contribution in [3.63, 3.8) is 0 Å². The molecule has 0 aliphatic heterocycles. The summed E-state index contributed by atoms with van der Waals surface area (Å²) in [4.78, 5) is 17.2. The number of nitrogens with zero attached hydrogens (tertiary/aromatic N) is 1. The van der Waals surface area contributed by atoms with Crippen molar-refractivity contribution in [3.05, 3.63) is 15.6 Å². The van der Waals surface area contributed by atoms with Crippen molar-refractivity contribution in [2.45, 2.75) is 33.2 Å². The SMILES string of the molecule is CC[C@H](NC(=O)CNC)c1nc(C)c(C)s1. The smallest absolute Gasteiger partial charge is 0.234 e. The first-order chi connectivity index (χ1) is 7.58. The van der Waals surface area contributed by atoms with Crippen LogP contribution in [-0.2, 0) is 4.79 Å². The number of carbonyl (C=O) groups excluding carboxylic acids is 1. The van der Waals surface area contributed by atoms with Gasteiger partial charge in [0.2, 0.25) is 5.91 Å². The van der Waals surface area contributed by atoms with E-state index >= 15 is 0 Å². The Labute approximate surface area is 100 Å². The highest BCUT2D eigenvalue weighted by molar-refractivity contribution is 7.11. The molecular formula is C11H19N3OS. The fourth-order valence-corrected chi connectivity index (χ4v) is 2.45. The van der Waals surface area contributed by atoms with Crippen molar-refractivity contribution in [2.75, 3.05) is 13.6 Å². The Morgan fingerprint density at radius 3 is 2.62 bits per heavy atom. The lowest BCUT2D eigenvalue weighted by atomic mass is 10.2. The van der Waals surface area contributed by atoms with Crippen molar-refractivity contribution in [3.8, 4) is 0 Å². The Morgan fingerprint density at radius 2 is 2.19 bits per heavy atom. The minimum Gasteiger partial charge on any atom is -0.346 e. The monoisotopic (exact) mass is 241 g/mol. The maximum atomic E-state index is 11.5. The second-order valence-corrected chi connectivity index (χ2v) is 4.99. The molecule has 1 aromatic heterocycles. The van der Waals surface area contributed by atoms with E-state index in [-0.39, 0.29) is 11.9 Å². The molecule has 1 heterocycles. The largest absolute Gasteiger partial charge is 0.346 e. The lowest BCUT2D eigenvalue weighted by Crippen LogP contribution is -2.34. The average Bonchev–Trinajstić information content (AvgIpc) is 2.56. The summed E-state index contributed by atoms with van der Waals surface area (Å²) in [6.07, 6.45) is 0.863. The van der Waals surface area contributed by atoms with Crippen LogP contribution in [-0.4, -0.2) is 24.5 Å². The molecule has 2 N–H and O–H groups in total. The molecule has 1 rings (SSSR count). The standard InChI is InChI=1S/C11H19N3OS/c1-5-9(14-10(15)6-12-4)11-13-7(2)8(3)16-11/h9,12H,5-6H2,1-4H3,(H,14,15)/t9-/m0/s1. The number of rotatable bonds is 5. The normalized spacial score (nSPS) is 12.5. The molecule has 4 nitrogen and oxygen atoms in total. The third-order valence-corrected chi connectivity index (χ3v) is 3.61. The van der Waals surface area contributed by atoms with Gasteiger partial charge in [0.1, 0.15) is 5.01 Å². The third-order valence-electron chi connectivity index (χ3n) is 2.42. The molecule has 0 bridgehead atoms. The Hall–Kier alpha value is -0.940. The molecular weight excluding hydrogens is 222 g/mol. The van der Waals surface area contributed by atoms with Gasteiger partial charge in [0.05, 0.1) is 18.3 Å². The second kappa shape index (κ2) is 5.96. The van der Waals surface area contributed by atoms with Gasteiger partial charge < -0.3 is 10.6 Å². The number of aryl methyl sites for hydroxylation is 2. The van der Waals surface area contributed by atoms with E-state index in [1.807, 2.05) is 6.92 Å². The van der Waals surface area contributed by atoms with Crippen LogP contribution in [0.4, 0.5) is 0 Å². The van der Waals surface area contributed by atoms with Gasteiger partial charge in [0.25, 0.3) is 0 Å². The van der Waals surface area contributed by atoms with Crippen LogP contribution in [0.3, 0.4) is 0 Å². The van der Waals surface area contributed by atoms with Gasteiger partial charge in [0.15, 0.2) is 0 Å². The van der Waals surface area contributed by atoms with E-state index in [1.165, 1.54) is 4.88 Å². The highest BCUT2D eigenvalue weighted by atomic mass is 32.1. The van der Waals surface area contributed by atoms with Crippen molar-refractivity contribution >= 4 is 17.2 Å². The molecule has 0 saturated heterocycles. The summed E-state index contributed by atoms with van der Waals surface area (Å²) in [5.41, 5.74) is 1.06. The molecule has 0 saturated carbocycles. The second-order valence-electron chi connectivity index (χ2n) is 3.75. The molecule has 0 unspecified atom stereocenters. The van der Waals surface area contributed by atoms with Gasteiger partial charge in [-0.1, -0.05) is 6.92 Å². The number of nitrogens with one attached hydrogen (secondary N) is 2. The molecule has 5 heteroatoms. The fourth-order valence-electron chi connectivity index (χ4n) is 1.39. The molecule has 0 radical (unpaired) electrons. The van der Waals surface area contributed by atoms with Gasteiger partial charge in [0, 0.05) is 4.88 Å². The van der Waals surface area contributed by atoms with E-state index < -0.39 is 0 Å². The fraction of sp³-hybridized carbons (Fsp3) is 0.636. The van der Waals surface area contributed by atoms with E-state index in [2.05, 4.69) is 29.5 Å². The van der Waals surface area contributed by atoms with Crippen LogP contribution in [0.1, 0.15) is 35.0 Å². The van der Waals surface area contributed by atoms with E-state index in [4.69, 9.17) is 0 Å². The van der Waals surface area contributed by atoms with Crippen molar-refractivity contribution < 1.29 is 4.79 Å². The Kier molecular flexibility index (Phi) is 4.89. The lowest BCUT2D eigenvalue weighted by molar-refractivity contribution is -0.120. The summed E-state index contributed by atoms with van der Waals surface area (Å²) in [5, 5.41) is 6.81. The molecule has 0 spiro atoms. The van der Waals surface area contributed by atoms with E-state index in [0.29, 0.717) is 6.54 Å². The predicted molar refractivity (Wildman–Crippen MR) is 66.7 cm³/mol. The van der Waals surface area contributed by atoms with Crippen LogP contribution in [0.5, 0.6) is 0 Å². The summed E-state index contributed by atoms with van der Waals surface area (Å²) >= 11 is 1.66. The lowest BCUT2D eigenvalue weighted by Gasteiger charge is -2.14. The molecule has 0 aliphatic carbocycles. The number of aromatic nitrogens is 1. The van der Waals surface area contributed by atoms with E-state index in [1.54, 1.807) is 18.4 Å². The molecule has 0 aromatic carbocycles. The minimum atomic E-state index is 0.0138. The highest BCUT2D eigenvalue weighted by Crippen LogP contribution is 2.24. The molecule has 0 fully saturated rings. The first-order valence-corrected chi connectivity index (χ1v) is 6.28. The number of hydrogen-bond donors (Lipinski definition) is 2. The topological polar surface area (TPSA) is 54.0 Å². The van der Waals surface area contributed by atoms with Crippen molar-refractivity contribution in [1.82, 2.24) is 15.6 Å². The van der Waals surface area contributed by atoms with Crippen LogP contribution in [0.2, 0.25) is 0 Å². The summed E-state index contributed by atoms with van der Waals surface area (Å²) in [6.45, 7) is 6.45. The van der Waals surface area contributed by atoms with Crippen LogP contribution in [0.15, 0.2) is 0 Å². The average molecular weight is 241 g/mol. The van der Waals surface area contributed by atoms with Gasteiger partial charge in [-0.05, 0) is 27.3 Å². The quantitative estimate of drug-likeness (QED) is 0.822. The third kappa shape index (κ3) is 3.28. The van der Waals surface area contributed by atoms with Gasteiger partial charge in [-0.3, -0.25) is 4.79 Å². The van der Waals surface area contributed by atoms with Crippen LogP contribution in [0.25, 0.3) is 0 Å². The summed E-state index contributed by atoms with van der Waals surface area (Å²) < 4.78 is 0. The zero-order chi connectivity index (χ0) is 12.1. The van der Waals surface area contributed by atoms with Gasteiger partial charge in [-0.25, -0.2) is 4.98 Å². The summed E-state index contributed by atoms with van der Waals surface area (Å²) in [5.74, 6) is 0.0138. The predicted octanol–water partition coefficient (Wildman–Crippen LogP) is 1.55. The van der Waals surface area contributed by atoms with Gasteiger partial charge in [-0.2, -0.15) is 0 Å². The molecule has 0 aliphatic rings. The van der Waals surface area contributed by atoms with E-state index in [9.17, 15) is 4.79 Å². The zero-order valence-corrected chi connectivity index (χ0v) is 11.1.